The fraction of sp³-hybridized carbons (Fsp3) is 0.364. The SMILES string of the molecule is CCCC1(c2ccc(N=Cc3cccc(C(N)=O)c3N)cc2)CCCNC1. The fourth-order valence-electron chi connectivity index (χ4n) is 4.01. The van der Waals surface area contributed by atoms with Crippen LogP contribution in [0.25, 0.3) is 0 Å². The summed E-state index contributed by atoms with van der Waals surface area (Å²) < 4.78 is 0. The number of para-hydroxylation sites is 1. The number of anilines is 1. The van der Waals surface area contributed by atoms with Crippen molar-refractivity contribution in [2.75, 3.05) is 18.8 Å². The van der Waals surface area contributed by atoms with Crippen molar-refractivity contribution in [1.29, 1.82) is 0 Å². The van der Waals surface area contributed by atoms with Gasteiger partial charge in [0.2, 0.25) is 0 Å². The number of aliphatic imine (C=N–C) groups is 1. The number of nitrogens with zero attached hydrogens (tertiary/aromatic N) is 1. The third-order valence-electron chi connectivity index (χ3n) is 5.44. The van der Waals surface area contributed by atoms with Crippen molar-refractivity contribution in [3.8, 4) is 0 Å². The van der Waals surface area contributed by atoms with E-state index in [9.17, 15) is 4.79 Å². The Morgan fingerprint density at radius 2 is 2.04 bits per heavy atom. The summed E-state index contributed by atoms with van der Waals surface area (Å²) in [5.41, 5.74) is 15.2. The molecule has 3 rings (SSSR count). The first-order valence-corrected chi connectivity index (χ1v) is 9.59. The molecule has 1 unspecified atom stereocenters. The van der Waals surface area contributed by atoms with Gasteiger partial charge in [0.25, 0.3) is 5.91 Å². The standard InChI is InChI=1S/C22H28N4O/c1-2-11-22(12-4-13-25-15-22)17-7-9-18(10-8-17)26-14-16-5-3-6-19(20(16)23)21(24)27/h3,5-10,14,25H,2,4,11-13,15,23H2,1H3,(H2,24,27). The van der Waals surface area contributed by atoms with Crippen LogP contribution in [0.3, 0.4) is 0 Å². The zero-order valence-electron chi connectivity index (χ0n) is 15.9. The molecule has 1 aliphatic rings. The molecule has 0 spiro atoms. The summed E-state index contributed by atoms with van der Waals surface area (Å²) in [5, 5.41) is 3.56. The molecular formula is C22H28N4O. The minimum atomic E-state index is -0.533. The Morgan fingerprint density at radius 1 is 1.26 bits per heavy atom. The first-order chi connectivity index (χ1) is 13.1. The van der Waals surface area contributed by atoms with Crippen molar-refractivity contribution in [2.24, 2.45) is 10.7 Å². The number of nitrogens with one attached hydrogen (secondary N) is 1. The third kappa shape index (κ3) is 4.19. The number of nitrogen functional groups attached to an aromatic ring is 1. The number of carbonyl (C=O) groups excluding carboxylic acids is 1. The molecule has 0 saturated carbocycles. The van der Waals surface area contributed by atoms with Crippen LogP contribution in [0, 0.1) is 0 Å². The normalized spacial score (nSPS) is 20.0. The lowest BCUT2D eigenvalue weighted by Crippen LogP contribution is -2.43. The monoisotopic (exact) mass is 364 g/mol. The summed E-state index contributed by atoms with van der Waals surface area (Å²) in [6.07, 6.45) is 6.50. The zero-order valence-corrected chi connectivity index (χ0v) is 15.9. The van der Waals surface area contributed by atoms with Gasteiger partial charge in [-0.2, -0.15) is 0 Å². The van der Waals surface area contributed by atoms with Crippen molar-refractivity contribution < 1.29 is 4.79 Å². The second kappa shape index (κ2) is 8.35. The number of rotatable bonds is 6. The summed E-state index contributed by atoms with van der Waals surface area (Å²) in [7, 11) is 0. The number of benzene rings is 2. The number of amides is 1. The molecule has 0 bridgehead atoms. The van der Waals surface area contributed by atoms with E-state index < -0.39 is 5.91 Å². The van der Waals surface area contributed by atoms with E-state index in [4.69, 9.17) is 11.5 Å². The Hall–Kier alpha value is -2.66. The van der Waals surface area contributed by atoms with E-state index >= 15 is 0 Å². The van der Waals surface area contributed by atoms with Crippen LogP contribution < -0.4 is 16.8 Å². The van der Waals surface area contributed by atoms with Gasteiger partial charge in [-0.15, -0.1) is 0 Å². The van der Waals surface area contributed by atoms with E-state index in [-0.39, 0.29) is 5.41 Å². The van der Waals surface area contributed by atoms with E-state index in [1.165, 1.54) is 31.2 Å². The Labute approximate surface area is 160 Å². The largest absolute Gasteiger partial charge is 0.398 e. The van der Waals surface area contributed by atoms with E-state index in [1.54, 1.807) is 18.3 Å². The lowest BCUT2D eigenvalue weighted by molar-refractivity contribution is 0.100. The molecular weight excluding hydrogens is 336 g/mol. The molecule has 1 saturated heterocycles. The average Bonchev–Trinajstić information content (AvgIpc) is 2.68. The van der Waals surface area contributed by atoms with Gasteiger partial charge in [-0.3, -0.25) is 9.79 Å². The molecule has 2 aromatic rings. The average molecular weight is 364 g/mol. The predicted molar refractivity (Wildman–Crippen MR) is 112 cm³/mol. The Morgan fingerprint density at radius 3 is 2.67 bits per heavy atom. The molecule has 2 aromatic carbocycles. The number of primary amides is 1. The first kappa shape index (κ1) is 19.1. The zero-order chi connectivity index (χ0) is 19.3. The highest BCUT2D eigenvalue weighted by Crippen LogP contribution is 2.36. The lowest BCUT2D eigenvalue weighted by Gasteiger charge is -2.38. The van der Waals surface area contributed by atoms with E-state index in [2.05, 4.69) is 29.4 Å². The van der Waals surface area contributed by atoms with Crippen molar-refractivity contribution >= 4 is 23.5 Å². The van der Waals surface area contributed by atoms with Crippen LogP contribution in [0.2, 0.25) is 0 Å². The van der Waals surface area contributed by atoms with Crippen LogP contribution in [0.15, 0.2) is 47.5 Å². The van der Waals surface area contributed by atoms with Crippen LogP contribution >= 0.6 is 0 Å². The van der Waals surface area contributed by atoms with Gasteiger partial charge >= 0.3 is 0 Å². The molecule has 27 heavy (non-hydrogen) atoms. The molecule has 0 aromatic heterocycles. The van der Waals surface area contributed by atoms with Crippen LogP contribution in [0.5, 0.6) is 0 Å². The summed E-state index contributed by atoms with van der Waals surface area (Å²) >= 11 is 0. The maximum Gasteiger partial charge on any atom is 0.250 e. The summed E-state index contributed by atoms with van der Waals surface area (Å²) in [5.74, 6) is -0.533. The number of hydrogen-bond donors (Lipinski definition) is 3. The van der Waals surface area contributed by atoms with Crippen LogP contribution in [-0.2, 0) is 5.41 Å². The molecule has 1 fully saturated rings. The highest BCUT2D eigenvalue weighted by atomic mass is 16.1. The second-order valence-electron chi connectivity index (χ2n) is 7.29. The number of nitrogens with two attached hydrogens (primary N) is 2. The van der Waals surface area contributed by atoms with Crippen molar-refractivity contribution in [3.05, 3.63) is 59.2 Å². The highest BCUT2D eigenvalue weighted by Gasteiger charge is 2.32. The summed E-state index contributed by atoms with van der Waals surface area (Å²) in [6, 6.07) is 13.7. The molecule has 5 N–H and O–H groups in total. The van der Waals surface area contributed by atoms with E-state index in [0.29, 0.717) is 16.8 Å². The Balaban J connectivity index is 1.81. The number of piperidine rings is 1. The molecule has 1 aliphatic heterocycles. The Bertz CT molecular complexity index is 815. The molecule has 1 heterocycles. The van der Waals surface area contributed by atoms with E-state index in [1.807, 2.05) is 18.2 Å². The molecule has 5 heteroatoms. The molecule has 1 atom stereocenters. The van der Waals surface area contributed by atoms with Crippen molar-refractivity contribution in [3.63, 3.8) is 0 Å². The van der Waals surface area contributed by atoms with Gasteiger partial charge < -0.3 is 16.8 Å². The summed E-state index contributed by atoms with van der Waals surface area (Å²) in [6.45, 7) is 4.40. The maximum absolute atomic E-state index is 11.4. The van der Waals surface area contributed by atoms with Gasteiger partial charge in [-0.1, -0.05) is 37.6 Å². The number of hydrogen-bond acceptors (Lipinski definition) is 4. The van der Waals surface area contributed by atoms with Crippen LogP contribution in [0.1, 0.15) is 54.1 Å². The van der Waals surface area contributed by atoms with Crippen LogP contribution in [-0.4, -0.2) is 25.2 Å². The van der Waals surface area contributed by atoms with Gasteiger partial charge in [0, 0.05) is 23.7 Å². The van der Waals surface area contributed by atoms with Gasteiger partial charge in [-0.05, 0) is 49.6 Å². The summed E-state index contributed by atoms with van der Waals surface area (Å²) in [4.78, 5) is 15.9. The van der Waals surface area contributed by atoms with Crippen molar-refractivity contribution in [2.45, 2.75) is 38.0 Å². The fourth-order valence-corrected chi connectivity index (χ4v) is 4.01. The molecule has 1 amide bonds. The van der Waals surface area contributed by atoms with Gasteiger partial charge in [0.05, 0.1) is 16.9 Å². The topological polar surface area (TPSA) is 93.5 Å². The second-order valence-corrected chi connectivity index (χ2v) is 7.29. The lowest BCUT2D eigenvalue weighted by atomic mass is 9.72. The van der Waals surface area contributed by atoms with Gasteiger partial charge in [-0.25, -0.2) is 0 Å². The van der Waals surface area contributed by atoms with Crippen molar-refractivity contribution in [1.82, 2.24) is 5.32 Å². The number of carbonyl (C=O) groups is 1. The minimum absolute atomic E-state index is 0.232. The van der Waals surface area contributed by atoms with Crippen LogP contribution in [0.4, 0.5) is 11.4 Å². The van der Waals surface area contributed by atoms with Gasteiger partial charge in [0.15, 0.2) is 0 Å². The smallest absolute Gasteiger partial charge is 0.250 e. The van der Waals surface area contributed by atoms with Gasteiger partial charge in [0.1, 0.15) is 0 Å². The Kier molecular flexibility index (Phi) is 5.91. The molecule has 0 aliphatic carbocycles. The molecule has 0 radical (unpaired) electrons. The van der Waals surface area contributed by atoms with E-state index in [0.717, 1.165) is 18.8 Å². The third-order valence-corrected chi connectivity index (χ3v) is 5.44. The minimum Gasteiger partial charge on any atom is -0.398 e. The predicted octanol–water partition coefficient (Wildman–Crippen LogP) is 3.54. The highest BCUT2D eigenvalue weighted by molar-refractivity contribution is 6.02. The maximum atomic E-state index is 11.4. The quantitative estimate of drug-likeness (QED) is 0.540. The first-order valence-electron chi connectivity index (χ1n) is 9.59. The molecule has 5 nitrogen and oxygen atoms in total. The molecule has 142 valence electrons.